The number of rotatable bonds is 12. The lowest BCUT2D eigenvalue weighted by molar-refractivity contribution is -0.153. The summed E-state index contributed by atoms with van der Waals surface area (Å²) >= 11 is 0. The van der Waals surface area contributed by atoms with Crippen molar-refractivity contribution >= 4 is 21.7 Å². The van der Waals surface area contributed by atoms with Gasteiger partial charge in [-0.15, -0.1) is 5.48 Å². The summed E-state index contributed by atoms with van der Waals surface area (Å²) in [6, 6.07) is 19.3. The zero-order valence-corrected chi connectivity index (χ0v) is 23.4. The number of amides is 1. The third kappa shape index (κ3) is 8.12. The minimum absolute atomic E-state index is 0.0929. The van der Waals surface area contributed by atoms with Crippen LogP contribution in [-0.4, -0.2) is 50.4 Å². The monoisotopic (exact) mass is 565 g/mol. The summed E-state index contributed by atoms with van der Waals surface area (Å²) in [5, 5.41) is -0.0929. The number of methoxy groups -OCH3 is 1. The number of nitrogens with one attached hydrogen (secondary N) is 1. The van der Waals surface area contributed by atoms with Gasteiger partial charge in [-0.05, 0) is 79.1 Å². The van der Waals surface area contributed by atoms with Crippen molar-refractivity contribution in [2.24, 2.45) is 5.92 Å². The van der Waals surface area contributed by atoms with Crippen molar-refractivity contribution in [3.05, 3.63) is 84.1 Å². The highest BCUT2D eigenvalue weighted by molar-refractivity contribution is 7.91. The Morgan fingerprint density at radius 3 is 2.42 bits per heavy atom. The highest BCUT2D eigenvalue weighted by atomic mass is 32.2. The molecule has 1 aliphatic heterocycles. The van der Waals surface area contributed by atoms with Crippen molar-refractivity contribution in [3.63, 3.8) is 0 Å². The van der Waals surface area contributed by atoms with E-state index >= 15 is 0 Å². The molecule has 0 unspecified atom stereocenters. The van der Waals surface area contributed by atoms with Crippen LogP contribution in [0, 0.1) is 5.92 Å². The Labute approximate surface area is 235 Å². The summed E-state index contributed by atoms with van der Waals surface area (Å²) in [4.78, 5) is 36.2. The molecular formula is C30H35N3O6S. The average Bonchev–Trinajstić information content (AvgIpc) is 2.98. The lowest BCUT2D eigenvalue weighted by Gasteiger charge is -2.31. The van der Waals surface area contributed by atoms with Gasteiger partial charge >= 0.3 is 5.97 Å². The number of hydrogen-bond acceptors (Lipinski definition) is 8. The highest BCUT2D eigenvalue weighted by Crippen LogP contribution is 2.23. The van der Waals surface area contributed by atoms with Crippen LogP contribution in [0.1, 0.15) is 43.2 Å². The Bertz CT molecular complexity index is 1370. The Morgan fingerprint density at radius 1 is 1.00 bits per heavy atom. The number of hydrogen-bond donors (Lipinski definition) is 1. The largest absolute Gasteiger partial charge is 0.497 e. The molecule has 4 rings (SSSR count). The fourth-order valence-electron chi connectivity index (χ4n) is 4.69. The molecule has 0 bridgehead atoms. The third-order valence-electron chi connectivity index (χ3n) is 7.03. The van der Waals surface area contributed by atoms with Crippen molar-refractivity contribution in [1.82, 2.24) is 15.4 Å². The number of likely N-dealkylation sites (tertiary alicyclic amines) is 1. The molecule has 212 valence electrons. The number of aryl methyl sites for hydroxylation is 1. The van der Waals surface area contributed by atoms with Gasteiger partial charge in [0.05, 0.1) is 25.0 Å². The van der Waals surface area contributed by atoms with Gasteiger partial charge in [0.2, 0.25) is 15.7 Å². The average molecular weight is 566 g/mol. The predicted octanol–water partition coefficient (Wildman–Crippen LogP) is 4.12. The van der Waals surface area contributed by atoms with Gasteiger partial charge in [-0.25, -0.2) is 13.4 Å². The lowest BCUT2D eigenvalue weighted by atomic mass is 9.93. The molecule has 3 aromatic rings. The number of pyridine rings is 1. The quantitative estimate of drug-likeness (QED) is 0.326. The van der Waals surface area contributed by atoms with Crippen LogP contribution in [0.2, 0.25) is 0 Å². The molecule has 2 aromatic carbocycles. The van der Waals surface area contributed by atoms with Crippen molar-refractivity contribution in [2.45, 2.75) is 55.0 Å². The van der Waals surface area contributed by atoms with E-state index in [1.807, 2.05) is 23.1 Å². The molecule has 0 spiro atoms. The zero-order chi connectivity index (χ0) is 28.4. The standard InChI is InChI=1S/C30H35N3O6S/c1-38-26-10-12-27(13-11-26)40(36,37)28-20-25(14-17-31-28)22-32-39-30(35)21-24-15-18-33(19-16-24)29(34)9-5-8-23-6-3-2-4-7-23/h2-4,6-7,10-14,17,20,24,32H,5,8-9,15-16,18-19,21-22H2,1H3. The molecule has 1 N–H and O–H groups in total. The fourth-order valence-corrected chi connectivity index (χ4v) is 5.94. The number of sulfone groups is 1. The predicted molar refractivity (Wildman–Crippen MR) is 149 cm³/mol. The molecule has 9 nitrogen and oxygen atoms in total. The second kappa shape index (κ2) is 14.0. The van der Waals surface area contributed by atoms with Gasteiger partial charge in [0, 0.05) is 25.7 Å². The summed E-state index contributed by atoms with van der Waals surface area (Å²) in [7, 11) is -2.30. The third-order valence-corrected chi connectivity index (χ3v) is 8.69. The number of benzene rings is 2. The Kier molecular flexibility index (Phi) is 10.3. The molecule has 1 aliphatic rings. The first-order valence-corrected chi connectivity index (χ1v) is 14.9. The summed E-state index contributed by atoms with van der Waals surface area (Å²) in [6.07, 6.45) is 5.44. The molecule has 1 fully saturated rings. The minimum Gasteiger partial charge on any atom is -0.497 e. The van der Waals surface area contributed by atoms with Crippen LogP contribution < -0.4 is 10.2 Å². The van der Waals surface area contributed by atoms with E-state index in [1.54, 1.807) is 18.2 Å². The van der Waals surface area contributed by atoms with Gasteiger partial charge in [-0.3, -0.25) is 9.59 Å². The van der Waals surface area contributed by atoms with Gasteiger partial charge < -0.3 is 14.5 Å². The lowest BCUT2D eigenvalue weighted by Crippen LogP contribution is -2.39. The van der Waals surface area contributed by atoms with Gasteiger partial charge in [-0.1, -0.05) is 30.3 Å². The second-order valence-corrected chi connectivity index (χ2v) is 11.7. The van der Waals surface area contributed by atoms with Crippen molar-refractivity contribution < 1.29 is 27.6 Å². The fraction of sp³-hybridized carbons (Fsp3) is 0.367. The Hall–Kier alpha value is -3.76. The van der Waals surface area contributed by atoms with Gasteiger partial charge in [0.15, 0.2) is 5.03 Å². The number of nitrogens with zero attached hydrogens (tertiary/aromatic N) is 2. The Balaban J connectivity index is 1.17. The van der Waals surface area contributed by atoms with Crippen LogP contribution in [0.5, 0.6) is 5.75 Å². The molecule has 0 radical (unpaired) electrons. The molecule has 10 heteroatoms. The maximum atomic E-state index is 12.9. The van der Waals surface area contributed by atoms with Crippen LogP contribution in [0.3, 0.4) is 0 Å². The molecule has 1 aromatic heterocycles. The topological polar surface area (TPSA) is 115 Å². The molecule has 1 amide bonds. The zero-order valence-electron chi connectivity index (χ0n) is 22.6. The van der Waals surface area contributed by atoms with Gasteiger partial charge in [0.1, 0.15) is 5.75 Å². The van der Waals surface area contributed by atoms with E-state index in [1.165, 1.54) is 37.1 Å². The number of ether oxygens (including phenoxy) is 1. The maximum Gasteiger partial charge on any atom is 0.325 e. The van der Waals surface area contributed by atoms with Crippen LogP contribution in [0.15, 0.2) is 82.8 Å². The summed E-state index contributed by atoms with van der Waals surface area (Å²) in [5.74, 6) is 0.502. The number of carbonyl (C=O) groups excluding carboxylic acids is 2. The number of hydroxylamine groups is 1. The van der Waals surface area contributed by atoms with E-state index in [2.05, 4.69) is 22.6 Å². The minimum atomic E-state index is -3.81. The first-order valence-electron chi connectivity index (χ1n) is 13.4. The maximum absolute atomic E-state index is 12.9. The number of carbonyl (C=O) groups is 2. The number of piperidine rings is 1. The summed E-state index contributed by atoms with van der Waals surface area (Å²) in [6.45, 7) is 1.44. The van der Waals surface area contributed by atoms with E-state index < -0.39 is 9.84 Å². The van der Waals surface area contributed by atoms with Crippen molar-refractivity contribution in [1.29, 1.82) is 0 Å². The van der Waals surface area contributed by atoms with Crippen LogP contribution >= 0.6 is 0 Å². The van der Waals surface area contributed by atoms with Crippen LogP contribution in [0.25, 0.3) is 0 Å². The van der Waals surface area contributed by atoms with E-state index in [-0.39, 0.29) is 40.7 Å². The highest BCUT2D eigenvalue weighted by Gasteiger charge is 2.25. The normalized spacial score (nSPS) is 14.1. The Morgan fingerprint density at radius 2 is 1.73 bits per heavy atom. The molecule has 0 saturated carbocycles. The summed E-state index contributed by atoms with van der Waals surface area (Å²) < 4.78 is 30.9. The second-order valence-electron chi connectivity index (χ2n) is 9.84. The SMILES string of the molecule is COc1ccc(S(=O)(=O)c2cc(CNOC(=O)CC3CCN(C(=O)CCCc4ccccc4)CC3)ccn2)cc1. The van der Waals surface area contributed by atoms with Crippen molar-refractivity contribution in [3.8, 4) is 5.75 Å². The van der Waals surface area contributed by atoms with E-state index in [0.717, 1.165) is 25.7 Å². The molecule has 0 aliphatic carbocycles. The summed E-state index contributed by atoms with van der Waals surface area (Å²) in [5.41, 5.74) is 4.48. The first kappa shape index (κ1) is 29.2. The molecule has 40 heavy (non-hydrogen) atoms. The van der Waals surface area contributed by atoms with Crippen LogP contribution in [0.4, 0.5) is 0 Å². The van der Waals surface area contributed by atoms with Gasteiger partial charge in [0.25, 0.3) is 0 Å². The van der Waals surface area contributed by atoms with E-state index in [9.17, 15) is 18.0 Å². The van der Waals surface area contributed by atoms with Crippen molar-refractivity contribution in [2.75, 3.05) is 20.2 Å². The first-order chi connectivity index (χ1) is 19.3. The number of aromatic nitrogens is 1. The molecule has 0 atom stereocenters. The smallest absolute Gasteiger partial charge is 0.325 e. The molecular weight excluding hydrogens is 530 g/mol. The van der Waals surface area contributed by atoms with Gasteiger partial charge in [-0.2, -0.15) is 0 Å². The molecule has 2 heterocycles. The van der Waals surface area contributed by atoms with E-state index in [4.69, 9.17) is 9.57 Å². The van der Waals surface area contributed by atoms with Crippen LogP contribution in [-0.2, 0) is 37.2 Å². The van der Waals surface area contributed by atoms with E-state index in [0.29, 0.717) is 30.8 Å². The molecule has 1 saturated heterocycles.